The quantitative estimate of drug-likeness (QED) is 0.639. The number of carbonyl (C=O) groups is 1. The first-order valence-corrected chi connectivity index (χ1v) is 6.64. The first-order chi connectivity index (χ1) is 8.58. The highest BCUT2D eigenvalue weighted by Gasteiger charge is 2.18. The Morgan fingerprint density at radius 3 is 2.89 bits per heavy atom. The van der Waals surface area contributed by atoms with Gasteiger partial charge in [-0.1, -0.05) is 35.5 Å². The van der Waals surface area contributed by atoms with Gasteiger partial charge < -0.3 is 4.57 Å². The fourth-order valence-corrected chi connectivity index (χ4v) is 2.52. The molecule has 0 aliphatic carbocycles. The van der Waals surface area contributed by atoms with E-state index in [1.54, 1.807) is 35.2 Å². The van der Waals surface area contributed by atoms with E-state index in [9.17, 15) is 4.79 Å². The van der Waals surface area contributed by atoms with Gasteiger partial charge in [0, 0.05) is 17.6 Å². The second-order valence-electron chi connectivity index (χ2n) is 3.86. The normalized spacial score (nSPS) is 12.4. The molecule has 1 heterocycles. The maximum atomic E-state index is 12.2. The molecule has 6 heteroatoms. The van der Waals surface area contributed by atoms with Crippen LogP contribution in [0.25, 0.3) is 0 Å². The molecule has 0 spiro atoms. The highest BCUT2D eigenvalue weighted by atomic mass is 35.5. The summed E-state index contributed by atoms with van der Waals surface area (Å²) in [6.07, 6.45) is 1.61. The topological polar surface area (TPSA) is 47.8 Å². The average Bonchev–Trinajstić information content (AvgIpc) is 2.74. The van der Waals surface area contributed by atoms with Crippen molar-refractivity contribution in [3.05, 3.63) is 41.2 Å². The number of rotatable bonds is 4. The van der Waals surface area contributed by atoms with Gasteiger partial charge in [-0.15, -0.1) is 10.2 Å². The minimum absolute atomic E-state index is 0.0329. The van der Waals surface area contributed by atoms with Gasteiger partial charge in [-0.3, -0.25) is 4.79 Å². The number of halogens is 1. The molecular weight excluding hydrogens is 270 g/mol. The van der Waals surface area contributed by atoms with Crippen LogP contribution in [0, 0.1) is 0 Å². The Balaban J connectivity index is 2.12. The summed E-state index contributed by atoms with van der Waals surface area (Å²) in [6.45, 7) is 1.85. The minimum Gasteiger partial charge on any atom is -0.312 e. The molecule has 2 aromatic rings. The summed E-state index contributed by atoms with van der Waals surface area (Å²) in [5, 5.41) is 8.78. The molecule has 0 N–H and O–H groups in total. The van der Waals surface area contributed by atoms with Crippen LogP contribution in [0.3, 0.4) is 0 Å². The highest BCUT2D eigenvalue weighted by molar-refractivity contribution is 8.00. The Labute approximate surface area is 114 Å². The molecule has 1 aromatic heterocycles. The van der Waals surface area contributed by atoms with Gasteiger partial charge in [0.25, 0.3) is 0 Å². The fourth-order valence-electron chi connectivity index (χ4n) is 1.47. The number of ketones is 1. The largest absolute Gasteiger partial charge is 0.312 e. The summed E-state index contributed by atoms with van der Waals surface area (Å²) in [5.41, 5.74) is 0.615. The van der Waals surface area contributed by atoms with E-state index >= 15 is 0 Å². The van der Waals surface area contributed by atoms with E-state index in [1.807, 2.05) is 14.0 Å². The lowest BCUT2D eigenvalue weighted by Crippen LogP contribution is -2.14. The summed E-state index contributed by atoms with van der Waals surface area (Å²) >= 11 is 7.26. The van der Waals surface area contributed by atoms with Crippen LogP contribution in [0.2, 0.25) is 5.02 Å². The van der Waals surface area contributed by atoms with Crippen molar-refractivity contribution in [2.45, 2.75) is 17.3 Å². The van der Waals surface area contributed by atoms with Crippen molar-refractivity contribution >= 4 is 29.1 Å². The Morgan fingerprint density at radius 1 is 1.50 bits per heavy atom. The van der Waals surface area contributed by atoms with Crippen molar-refractivity contribution in [1.29, 1.82) is 0 Å². The van der Waals surface area contributed by atoms with Crippen molar-refractivity contribution in [3.8, 4) is 0 Å². The first-order valence-electron chi connectivity index (χ1n) is 5.38. The van der Waals surface area contributed by atoms with Crippen molar-refractivity contribution in [3.63, 3.8) is 0 Å². The van der Waals surface area contributed by atoms with Gasteiger partial charge in [0.15, 0.2) is 10.9 Å². The lowest BCUT2D eigenvalue weighted by atomic mass is 10.1. The molecule has 1 atom stereocenters. The van der Waals surface area contributed by atoms with Gasteiger partial charge in [-0.05, 0) is 19.1 Å². The van der Waals surface area contributed by atoms with Crippen LogP contribution >= 0.6 is 23.4 Å². The predicted molar refractivity (Wildman–Crippen MR) is 72.1 cm³/mol. The number of Topliss-reactive ketones (excluding diaryl/α,β-unsaturated/α-hetero) is 1. The predicted octanol–water partition coefficient (Wildman–Crippen LogP) is 2.83. The molecule has 0 unspecified atom stereocenters. The number of nitrogens with zero attached hydrogens (tertiary/aromatic N) is 3. The molecule has 0 fully saturated rings. The van der Waals surface area contributed by atoms with Crippen LogP contribution in [-0.4, -0.2) is 25.8 Å². The van der Waals surface area contributed by atoms with Gasteiger partial charge in [0.05, 0.1) is 5.25 Å². The number of aryl methyl sites for hydroxylation is 1. The van der Waals surface area contributed by atoms with Crippen LogP contribution in [0.1, 0.15) is 17.3 Å². The van der Waals surface area contributed by atoms with Crippen molar-refractivity contribution in [1.82, 2.24) is 14.8 Å². The van der Waals surface area contributed by atoms with E-state index in [-0.39, 0.29) is 11.0 Å². The zero-order valence-electron chi connectivity index (χ0n) is 10.0. The number of hydrogen-bond donors (Lipinski definition) is 0. The molecule has 0 bridgehead atoms. The zero-order chi connectivity index (χ0) is 13.1. The molecule has 0 aliphatic heterocycles. The molecule has 0 aliphatic rings. The maximum Gasteiger partial charge on any atom is 0.191 e. The van der Waals surface area contributed by atoms with E-state index < -0.39 is 0 Å². The number of benzene rings is 1. The number of carbonyl (C=O) groups excluding carboxylic acids is 1. The molecule has 0 amide bonds. The number of thioether (sulfide) groups is 1. The molecule has 0 saturated heterocycles. The van der Waals surface area contributed by atoms with E-state index in [1.165, 1.54) is 11.8 Å². The third-order valence-corrected chi connectivity index (χ3v) is 3.81. The van der Waals surface area contributed by atoms with Crippen molar-refractivity contribution < 1.29 is 4.79 Å². The molecule has 0 radical (unpaired) electrons. The lowest BCUT2D eigenvalue weighted by Gasteiger charge is -2.09. The maximum absolute atomic E-state index is 12.2. The Bertz CT molecular complexity index is 570. The average molecular weight is 282 g/mol. The first kappa shape index (κ1) is 13.1. The standard InChI is InChI=1S/C12H12ClN3OS/c1-8(18-12-15-14-7-16(12)2)11(17)9-4-3-5-10(13)6-9/h3-8H,1-2H3/t8-/m0/s1. The smallest absolute Gasteiger partial charge is 0.191 e. The molecule has 2 rings (SSSR count). The van der Waals surface area contributed by atoms with Crippen molar-refractivity contribution in [2.75, 3.05) is 0 Å². The Kier molecular flexibility index (Phi) is 4.04. The number of hydrogen-bond acceptors (Lipinski definition) is 4. The monoisotopic (exact) mass is 281 g/mol. The summed E-state index contributed by atoms with van der Waals surface area (Å²) in [7, 11) is 1.85. The van der Waals surface area contributed by atoms with Gasteiger partial charge >= 0.3 is 0 Å². The molecule has 1 aromatic carbocycles. The van der Waals surface area contributed by atoms with Crippen LogP contribution in [0.5, 0.6) is 0 Å². The Morgan fingerprint density at radius 2 is 2.28 bits per heavy atom. The summed E-state index contributed by atoms with van der Waals surface area (Å²) < 4.78 is 1.78. The van der Waals surface area contributed by atoms with E-state index in [0.29, 0.717) is 10.6 Å². The Hall–Kier alpha value is -1.33. The van der Waals surface area contributed by atoms with Crippen molar-refractivity contribution in [2.24, 2.45) is 7.05 Å². The van der Waals surface area contributed by atoms with Crippen LogP contribution in [0.4, 0.5) is 0 Å². The number of aromatic nitrogens is 3. The van der Waals surface area contributed by atoms with E-state index in [0.717, 1.165) is 5.16 Å². The lowest BCUT2D eigenvalue weighted by molar-refractivity contribution is 0.0994. The highest BCUT2D eigenvalue weighted by Crippen LogP contribution is 2.24. The van der Waals surface area contributed by atoms with Gasteiger partial charge in [0.1, 0.15) is 6.33 Å². The van der Waals surface area contributed by atoms with Gasteiger partial charge in [-0.2, -0.15) is 0 Å². The van der Waals surface area contributed by atoms with Gasteiger partial charge in [-0.25, -0.2) is 0 Å². The second-order valence-corrected chi connectivity index (χ2v) is 5.60. The molecule has 0 saturated carbocycles. The minimum atomic E-state index is -0.230. The van der Waals surface area contributed by atoms with Gasteiger partial charge in [0.2, 0.25) is 0 Å². The summed E-state index contributed by atoms with van der Waals surface area (Å²) in [4.78, 5) is 12.2. The molecule has 94 valence electrons. The zero-order valence-corrected chi connectivity index (χ0v) is 11.6. The third-order valence-electron chi connectivity index (χ3n) is 2.43. The summed E-state index contributed by atoms with van der Waals surface area (Å²) in [6, 6.07) is 6.97. The third kappa shape index (κ3) is 2.91. The fraction of sp³-hybridized carbons (Fsp3) is 0.250. The van der Waals surface area contributed by atoms with Crippen LogP contribution < -0.4 is 0 Å². The summed E-state index contributed by atoms with van der Waals surface area (Å²) in [5.74, 6) is 0.0329. The SMILES string of the molecule is C[C@H](Sc1nncn1C)C(=O)c1cccc(Cl)c1. The van der Waals surface area contributed by atoms with Crippen LogP contribution in [0.15, 0.2) is 35.7 Å². The molecular formula is C12H12ClN3OS. The second kappa shape index (κ2) is 5.54. The van der Waals surface area contributed by atoms with E-state index in [2.05, 4.69) is 10.2 Å². The van der Waals surface area contributed by atoms with Crippen LogP contribution in [-0.2, 0) is 7.05 Å². The molecule has 4 nitrogen and oxygen atoms in total. The molecule has 18 heavy (non-hydrogen) atoms. The van der Waals surface area contributed by atoms with E-state index in [4.69, 9.17) is 11.6 Å².